The first-order chi connectivity index (χ1) is 7.03. The predicted molar refractivity (Wildman–Crippen MR) is 66.2 cm³/mol. The number of rotatable bonds is 1. The van der Waals surface area contributed by atoms with Crippen LogP contribution in [0.2, 0.25) is 0 Å². The average Bonchev–Trinajstić information content (AvgIpc) is 2.17. The van der Waals surface area contributed by atoms with E-state index in [1.54, 1.807) is 7.11 Å². The normalized spacial score (nSPS) is 17.9. The summed E-state index contributed by atoms with van der Waals surface area (Å²) in [6.07, 6.45) is 0. The minimum atomic E-state index is 0.138. The van der Waals surface area contributed by atoms with Gasteiger partial charge in [-0.1, -0.05) is 6.07 Å². The Balaban J connectivity index is 2.51. The zero-order chi connectivity index (χ0) is 11.1. The van der Waals surface area contributed by atoms with E-state index in [0.717, 1.165) is 17.2 Å². The molecule has 0 saturated heterocycles. The third-order valence-corrected chi connectivity index (χ3v) is 4.26. The van der Waals surface area contributed by atoms with Gasteiger partial charge in [-0.3, -0.25) is 0 Å². The molecular weight excluding hydrogens is 206 g/mol. The third-order valence-electron chi connectivity index (χ3n) is 2.58. The number of thioether (sulfide) groups is 1. The second-order valence-electron chi connectivity index (χ2n) is 4.59. The van der Waals surface area contributed by atoms with Crippen LogP contribution < -0.4 is 10.1 Å². The number of anilines is 1. The van der Waals surface area contributed by atoms with Crippen molar-refractivity contribution in [3.8, 4) is 5.75 Å². The smallest absolute Gasteiger partial charge is 0.143 e. The van der Waals surface area contributed by atoms with Gasteiger partial charge in [-0.15, -0.1) is 11.8 Å². The van der Waals surface area contributed by atoms with Gasteiger partial charge in [-0.05, 0) is 32.4 Å². The molecule has 3 heteroatoms. The number of methoxy groups -OCH3 is 1. The molecule has 1 aromatic carbocycles. The maximum absolute atomic E-state index is 5.39. The number of fused-ring (bicyclic) bond motifs is 1. The van der Waals surface area contributed by atoms with Crippen LogP contribution in [0.5, 0.6) is 5.75 Å². The quantitative estimate of drug-likeness (QED) is 0.789. The van der Waals surface area contributed by atoms with Gasteiger partial charge in [0.25, 0.3) is 0 Å². The van der Waals surface area contributed by atoms with Gasteiger partial charge in [0.1, 0.15) is 5.75 Å². The molecule has 1 aliphatic rings. The zero-order valence-corrected chi connectivity index (χ0v) is 10.5. The molecule has 2 rings (SSSR count). The van der Waals surface area contributed by atoms with Crippen molar-refractivity contribution < 1.29 is 4.74 Å². The molecule has 0 saturated carbocycles. The predicted octanol–water partition coefficient (Wildman–Crippen LogP) is 3.30. The van der Waals surface area contributed by atoms with E-state index < -0.39 is 0 Å². The highest BCUT2D eigenvalue weighted by atomic mass is 32.2. The molecule has 0 aliphatic carbocycles. The topological polar surface area (TPSA) is 21.3 Å². The molecule has 0 atom stereocenters. The van der Waals surface area contributed by atoms with E-state index in [4.69, 9.17) is 4.74 Å². The molecule has 0 radical (unpaired) electrons. The first kappa shape index (κ1) is 10.7. The molecule has 0 unspecified atom stereocenters. The van der Waals surface area contributed by atoms with Gasteiger partial charge >= 0.3 is 0 Å². The standard InChI is InChI=1S/C12H17NOS/c1-8-5-6-9(14-4)10-11(8)15-7-12(2,3)13-10/h5-6,13H,7H2,1-4H3. The summed E-state index contributed by atoms with van der Waals surface area (Å²) in [5.74, 6) is 2.03. The summed E-state index contributed by atoms with van der Waals surface area (Å²) in [5.41, 5.74) is 2.61. The van der Waals surface area contributed by atoms with Gasteiger partial charge < -0.3 is 10.1 Å². The highest BCUT2D eigenvalue weighted by Crippen LogP contribution is 2.44. The first-order valence-corrected chi connectivity index (χ1v) is 6.11. The van der Waals surface area contributed by atoms with Gasteiger partial charge in [-0.2, -0.15) is 0 Å². The summed E-state index contributed by atoms with van der Waals surface area (Å²) in [6.45, 7) is 6.57. The van der Waals surface area contributed by atoms with E-state index in [9.17, 15) is 0 Å². The van der Waals surface area contributed by atoms with Crippen LogP contribution in [-0.4, -0.2) is 18.4 Å². The van der Waals surface area contributed by atoms with Crippen molar-refractivity contribution in [2.24, 2.45) is 0 Å². The number of aryl methyl sites for hydroxylation is 1. The summed E-state index contributed by atoms with van der Waals surface area (Å²) >= 11 is 1.91. The molecule has 1 N–H and O–H groups in total. The fourth-order valence-electron chi connectivity index (χ4n) is 1.77. The van der Waals surface area contributed by atoms with Crippen LogP contribution in [0.1, 0.15) is 19.4 Å². The fourth-order valence-corrected chi connectivity index (χ4v) is 2.94. The Morgan fingerprint density at radius 2 is 2.13 bits per heavy atom. The molecule has 0 aromatic heterocycles. The number of nitrogens with one attached hydrogen (secondary N) is 1. The molecule has 1 aromatic rings. The van der Waals surface area contributed by atoms with E-state index in [0.29, 0.717) is 0 Å². The summed E-state index contributed by atoms with van der Waals surface area (Å²) < 4.78 is 5.39. The fraction of sp³-hybridized carbons (Fsp3) is 0.500. The summed E-state index contributed by atoms with van der Waals surface area (Å²) in [4.78, 5) is 1.33. The van der Waals surface area contributed by atoms with E-state index in [1.165, 1.54) is 10.5 Å². The van der Waals surface area contributed by atoms with E-state index in [1.807, 2.05) is 17.8 Å². The Bertz CT molecular complexity index is 387. The van der Waals surface area contributed by atoms with Crippen molar-refractivity contribution in [2.75, 3.05) is 18.2 Å². The maximum Gasteiger partial charge on any atom is 0.143 e. The van der Waals surface area contributed by atoms with Crippen LogP contribution in [0.25, 0.3) is 0 Å². The second kappa shape index (κ2) is 3.63. The van der Waals surface area contributed by atoms with Crippen LogP contribution in [-0.2, 0) is 0 Å². The second-order valence-corrected chi connectivity index (χ2v) is 5.57. The number of hydrogen-bond donors (Lipinski definition) is 1. The lowest BCUT2D eigenvalue weighted by Crippen LogP contribution is -2.36. The van der Waals surface area contributed by atoms with Crippen molar-refractivity contribution in [1.29, 1.82) is 0 Å². The number of ether oxygens (including phenoxy) is 1. The Labute approximate surface area is 95.4 Å². The minimum absolute atomic E-state index is 0.138. The van der Waals surface area contributed by atoms with E-state index in [2.05, 4.69) is 32.2 Å². The SMILES string of the molecule is COc1ccc(C)c2c1NC(C)(C)CS2. The maximum atomic E-state index is 5.39. The van der Waals surface area contributed by atoms with Crippen LogP contribution in [0.15, 0.2) is 17.0 Å². The number of benzene rings is 1. The molecule has 2 nitrogen and oxygen atoms in total. The lowest BCUT2D eigenvalue weighted by Gasteiger charge is -2.34. The van der Waals surface area contributed by atoms with Crippen molar-refractivity contribution in [1.82, 2.24) is 0 Å². The van der Waals surface area contributed by atoms with Crippen molar-refractivity contribution in [2.45, 2.75) is 31.2 Å². The van der Waals surface area contributed by atoms with E-state index >= 15 is 0 Å². The Morgan fingerprint density at radius 1 is 1.40 bits per heavy atom. The molecule has 0 amide bonds. The van der Waals surface area contributed by atoms with Crippen LogP contribution in [0.3, 0.4) is 0 Å². The van der Waals surface area contributed by atoms with E-state index in [-0.39, 0.29) is 5.54 Å². The van der Waals surface area contributed by atoms with Crippen molar-refractivity contribution >= 4 is 17.4 Å². The average molecular weight is 223 g/mol. The molecule has 0 bridgehead atoms. The highest BCUT2D eigenvalue weighted by Gasteiger charge is 2.27. The van der Waals surface area contributed by atoms with Crippen molar-refractivity contribution in [3.63, 3.8) is 0 Å². The Hall–Kier alpha value is -0.830. The van der Waals surface area contributed by atoms with Gasteiger partial charge in [-0.25, -0.2) is 0 Å². The van der Waals surface area contributed by atoms with Crippen LogP contribution in [0.4, 0.5) is 5.69 Å². The van der Waals surface area contributed by atoms with Crippen LogP contribution >= 0.6 is 11.8 Å². The largest absolute Gasteiger partial charge is 0.495 e. The monoisotopic (exact) mass is 223 g/mol. The highest BCUT2D eigenvalue weighted by molar-refractivity contribution is 7.99. The molecule has 0 fully saturated rings. The van der Waals surface area contributed by atoms with Gasteiger partial charge in [0, 0.05) is 16.2 Å². The Morgan fingerprint density at radius 3 is 2.80 bits per heavy atom. The van der Waals surface area contributed by atoms with Gasteiger partial charge in [0.05, 0.1) is 12.8 Å². The minimum Gasteiger partial charge on any atom is -0.495 e. The molecule has 0 spiro atoms. The third kappa shape index (κ3) is 1.93. The molecule has 1 heterocycles. The lowest BCUT2D eigenvalue weighted by atomic mass is 10.1. The lowest BCUT2D eigenvalue weighted by molar-refractivity contribution is 0.413. The van der Waals surface area contributed by atoms with Gasteiger partial charge in [0.2, 0.25) is 0 Å². The summed E-state index contributed by atoms with van der Waals surface area (Å²) in [7, 11) is 1.72. The van der Waals surface area contributed by atoms with Gasteiger partial charge in [0.15, 0.2) is 0 Å². The zero-order valence-electron chi connectivity index (χ0n) is 9.68. The molecule has 1 aliphatic heterocycles. The first-order valence-electron chi connectivity index (χ1n) is 5.12. The van der Waals surface area contributed by atoms with Crippen LogP contribution in [0, 0.1) is 6.92 Å². The Kier molecular flexibility index (Phi) is 2.59. The number of hydrogen-bond acceptors (Lipinski definition) is 3. The van der Waals surface area contributed by atoms with Crippen molar-refractivity contribution in [3.05, 3.63) is 17.7 Å². The summed E-state index contributed by atoms with van der Waals surface area (Å²) in [5, 5.41) is 3.55. The molecular formula is C12H17NOS. The molecule has 82 valence electrons. The molecule has 15 heavy (non-hydrogen) atoms. The summed E-state index contributed by atoms with van der Waals surface area (Å²) in [6, 6.07) is 4.15.